The van der Waals surface area contributed by atoms with Gasteiger partial charge in [0, 0.05) is 5.41 Å². The van der Waals surface area contributed by atoms with Crippen molar-refractivity contribution < 1.29 is 24.1 Å². The summed E-state index contributed by atoms with van der Waals surface area (Å²) in [6, 6.07) is 0. The number of aliphatic hydroxyl groups is 2. The van der Waals surface area contributed by atoms with Gasteiger partial charge < -0.3 is 26.4 Å². The van der Waals surface area contributed by atoms with Gasteiger partial charge in [0.2, 0.25) is 11.6 Å². The number of nitrogens with two attached hydrogens (primary N) is 2. The van der Waals surface area contributed by atoms with Crippen molar-refractivity contribution in [2.24, 2.45) is 5.41 Å². The number of hydrogen-bond donors (Lipinski definition) is 4. The zero-order chi connectivity index (χ0) is 19.4. The van der Waals surface area contributed by atoms with E-state index in [1.165, 1.54) is 6.33 Å². The van der Waals surface area contributed by atoms with E-state index in [2.05, 4.69) is 15.0 Å². The van der Waals surface area contributed by atoms with Crippen molar-refractivity contribution in [1.82, 2.24) is 19.5 Å². The highest BCUT2D eigenvalue weighted by atomic mass is 19.1. The molecule has 142 valence electrons. The lowest BCUT2D eigenvalue weighted by atomic mass is 9.78. The van der Waals surface area contributed by atoms with Crippen molar-refractivity contribution in [3.05, 3.63) is 6.33 Å². The van der Waals surface area contributed by atoms with Gasteiger partial charge >= 0.3 is 0 Å². The Hall–Kier alpha value is -2.37. The molecule has 1 fully saturated rings. The zero-order valence-electron chi connectivity index (χ0n) is 14.5. The van der Waals surface area contributed by atoms with E-state index in [4.69, 9.17) is 16.2 Å². The molecule has 0 spiro atoms. The number of carbonyl (C=O) groups is 1. The number of ketones is 1. The number of anilines is 2. The molecule has 11 heteroatoms. The van der Waals surface area contributed by atoms with Crippen LogP contribution in [0.15, 0.2) is 6.33 Å². The topological polar surface area (TPSA) is 162 Å². The van der Waals surface area contributed by atoms with Gasteiger partial charge in [-0.1, -0.05) is 20.8 Å². The quantitative estimate of drug-likeness (QED) is 0.562. The minimum Gasteiger partial charge on any atom is -0.386 e. The lowest BCUT2D eigenvalue weighted by Crippen LogP contribution is -2.52. The van der Waals surface area contributed by atoms with Crippen LogP contribution >= 0.6 is 0 Å². The minimum absolute atomic E-state index is 0.00841. The third-order valence-corrected chi connectivity index (χ3v) is 4.37. The molecule has 6 N–H and O–H groups in total. The second-order valence-electron chi connectivity index (χ2n) is 7.37. The second kappa shape index (κ2) is 5.83. The van der Waals surface area contributed by atoms with Gasteiger partial charge in [-0.2, -0.15) is 9.97 Å². The number of carbonyl (C=O) groups excluding carboxylic acids is 1. The van der Waals surface area contributed by atoms with Crippen molar-refractivity contribution in [1.29, 1.82) is 0 Å². The summed E-state index contributed by atoms with van der Waals surface area (Å²) in [5.74, 6) is -0.938. The minimum atomic E-state index is -2.63. The maximum absolute atomic E-state index is 15.2. The smallest absolute Gasteiger partial charge is 0.224 e. The summed E-state index contributed by atoms with van der Waals surface area (Å²) in [4.78, 5) is 24.1. The van der Waals surface area contributed by atoms with E-state index in [9.17, 15) is 15.0 Å². The number of rotatable bonds is 3. The number of imidazole rings is 1. The lowest BCUT2D eigenvalue weighted by Gasteiger charge is -2.30. The van der Waals surface area contributed by atoms with Gasteiger partial charge in [-0.05, 0) is 0 Å². The number of nitrogen functional groups attached to an aromatic ring is 2. The van der Waals surface area contributed by atoms with Crippen LogP contribution in [-0.4, -0.2) is 60.0 Å². The molecule has 1 aliphatic rings. The van der Waals surface area contributed by atoms with Crippen molar-refractivity contribution in [3.63, 3.8) is 0 Å². The monoisotopic (exact) mass is 368 g/mol. The Morgan fingerprint density at radius 2 is 2.12 bits per heavy atom. The summed E-state index contributed by atoms with van der Waals surface area (Å²) < 4.78 is 21.5. The molecule has 3 heterocycles. The number of ether oxygens (including phenoxy) is 1. The van der Waals surface area contributed by atoms with Crippen LogP contribution in [-0.2, 0) is 9.53 Å². The predicted molar refractivity (Wildman–Crippen MR) is 89.5 cm³/mol. The Morgan fingerprint density at radius 3 is 2.73 bits per heavy atom. The van der Waals surface area contributed by atoms with E-state index in [0.29, 0.717) is 0 Å². The molecule has 2 aromatic rings. The Morgan fingerprint density at radius 1 is 1.46 bits per heavy atom. The maximum atomic E-state index is 15.2. The van der Waals surface area contributed by atoms with E-state index in [1.54, 1.807) is 20.8 Å². The van der Waals surface area contributed by atoms with Crippen LogP contribution in [0, 0.1) is 5.41 Å². The number of nitrogens with zero attached hydrogens (tertiary/aromatic N) is 4. The molecule has 1 saturated heterocycles. The van der Waals surface area contributed by atoms with E-state index in [0.717, 1.165) is 4.57 Å². The van der Waals surface area contributed by atoms with E-state index >= 15 is 4.39 Å². The van der Waals surface area contributed by atoms with Crippen LogP contribution in [0.25, 0.3) is 11.2 Å². The fourth-order valence-corrected chi connectivity index (χ4v) is 3.03. The standard InChI is InChI=1S/C15H21FN6O4/c1-14(2,3)12(25)15(16)4-26-7(8(15)23)11(24)22-5-19-6-9(17)20-13(18)21-10(6)22/h5,7-8,11,23-24H,4H2,1-3H3,(H4,17,18,20,21)/t7-,8+,11?,15-/m0/s1. The van der Waals surface area contributed by atoms with Crippen molar-refractivity contribution in [3.8, 4) is 0 Å². The van der Waals surface area contributed by atoms with Crippen LogP contribution < -0.4 is 11.5 Å². The third-order valence-electron chi connectivity index (χ3n) is 4.37. The van der Waals surface area contributed by atoms with Crippen LogP contribution in [0.2, 0.25) is 0 Å². The van der Waals surface area contributed by atoms with Gasteiger partial charge in [0.05, 0.1) is 12.9 Å². The number of halogens is 1. The molecule has 0 aliphatic carbocycles. The zero-order valence-corrected chi connectivity index (χ0v) is 14.5. The van der Waals surface area contributed by atoms with E-state index in [1.807, 2.05) is 0 Å². The van der Waals surface area contributed by atoms with Gasteiger partial charge in [-0.15, -0.1) is 0 Å². The van der Waals surface area contributed by atoms with Crippen molar-refractivity contribution in [2.75, 3.05) is 18.1 Å². The second-order valence-corrected chi connectivity index (χ2v) is 7.37. The number of fused-ring (bicyclic) bond motifs is 1. The summed E-state index contributed by atoms with van der Waals surface area (Å²) >= 11 is 0. The number of hydrogen-bond acceptors (Lipinski definition) is 9. The maximum Gasteiger partial charge on any atom is 0.224 e. The molecule has 4 atom stereocenters. The van der Waals surface area contributed by atoms with Gasteiger partial charge in [0.25, 0.3) is 0 Å². The summed E-state index contributed by atoms with van der Waals surface area (Å²) in [5.41, 5.74) is 7.88. The average Bonchev–Trinajstić information content (AvgIpc) is 3.08. The van der Waals surface area contributed by atoms with Crippen LogP contribution in [0.4, 0.5) is 16.2 Å². The van der Waals surface area contributed by atoms with E-state index in [-0.39, 0.29) is 22.9 Å². The van der Waals surface area contributed by atoms with Gasteiger partial charge in [-0.25, -0.2) is 9.37 Å². The first-order valence-electron chi connectivity index (χ1n) is 7.94. The highest BCUT2D eigenvalue weighted by Crippen LogP contribution is 2.39. The Kier molecular flexibility index (Phi) is 4.13. The molecule has 10 nitrogen and oxygen atoms in total. The number of alkyl halides is 1. The number of aromatic nitrogens is 4. The normalized spacial score (nSPS) is 27.8. The summed E-state index contributed by atoms with van der Waals surface area (Å²) in [7, 11) is 0. The molecule has 3 rings (SSSR count). The molecular formula is C15H21FN6O4. The Balaban J connectivity index is 1.95. The van der Waals surface area contributed by atoms with Crippen molar-refractivity contribution in [2.45, 2.75) is 44.9 Å². The van der Waals surface area contributed by atoms with Gasteiger partial charge in [-0.3, -0.25) is 9.36 Å². The molecule has 0 saturated carbocycles. The predicted octanol–water partition coefficient (Wildman–Crippen LogP) is -0.435. The van der Waals surface area contributed by atoms with Crippen molar-refractivity contribution >= 4 is 28.7 Å². The first-order chi connectivity index (χ1) is 12.0. The van der Waals surface area contributed by atoms with Crippen LogP contribution in [0.1, 0.15) is 27.0 Å². The molecule has 2 aromatic heterocycles. The van der Waals surface area contributed by atoms with Crippen LogP contribution in [0.3, 0.4) is 0 Å². The Bertz CT molecular complexity index is 866. The average molecular weight is 368 g/mol. The molecule has 1 aliphatic heterocycles. The SMILES string of the molecule is CC(C)(C)C(=O)[C@]1(F)CO[C@H](C(O)n2cnc3c(N)nc(N)nc32)[C@H]1O. The molecule has 0 bridgehead atoms. The molecule has 26 heavy (non-hydrogen) atoms. The third kappa shape index (κ3) is 2.68. The number of aliphatic hydroxyl groups excluding tert-OH is 2. The largest absolute Gasteiger partial charge is 0.386 e. The molecule has 0 amide bonds. The fourth-order valence-electron chi connectivity index (χ4n) is 3.03. The summed E-state index contributed by atoms with van der Waals surface area (Å²) in [6.07, 6.45) is -3.67. The first-order valence-corrected chi connectivity index (χ1v) is 7.94. The highest BCUT2D eigenvalue weighted by Gasteiger charge is 2.59. The van der Waals surface area contributed by atoms with E-state index < -0.39 is 41.9 Å². The van der Waals surface area contributed by atoms with Crippen LogP contribution in [0.5, 0.6) is 0 Å². The molecule has 0 aromatic carbocycles. The number of Topliss-reactive ketones (excluding diaryl/α,β-unsaturated/α-hetero) is 1. The van der Waals surface area contributed by atoms with Gasteiger partial charge in [0.15, 0.2) is 23.5 Å². The lowest BCUT2D eigenvalue weighted by molar-refractivity contribution is -0.145. The highest BCUT2D eigenvalue weighted by molar-refractivity contribution is 5.93. The molecule has 1 unspecified atom stereocenters. The summed E-state index contributed by atoms with van der Waals surface area (Å²) in [5, 5.41) is 21.0. The molecular weight excluding hydrogens is 347 g/mol. The van der Waals surface area contributed by atoms with Gasteiger partial charge in [0.1, 0.15) is 17.7 Å². The fraction of sp³-hybridized carbons (Fsp3) is 0.600. The molecule has 0 radical (unpaired) electrons. The Labute approximate surface area is 148 Å². The first kappa shape index (κ1) is 18.4. The summed E-state index contributed by atoms with van der Waals surface area (Å²) in [6.45, 7) is 3.95.